The molecule has 0 radical (unpaired) electrons. The molecule has 1 N–H and O–H groups in total. The number of hydrogen-bond donors (Lipinski definition) is 1. The molecule has 20 heavy (non-hydrogen) atoms. The van der Waals surface area contributed by atoms with E-state index < -0.39 is 0 Å². The first kappa shape index (κ1) is 15.1. The number of piperidine rings is 1. The summed E-state index contributed by atoms with van der Waals surface area (Å²) in [5, 5.41) is 3.77. The highest BCUT2D eigenvalue weighted by molar-refractivity contribution is 6.35. The molecule has 108 valence electrons. The number of nitrogens with zero attached hydrogens (tertiary/aromatic N) is 1. The van der Waals surface area contributed by atoms with Crippen LogP contribution in [0.5, 0.6) is 0 Å². The van der Waals surface area contributed by atoms with Crippen LogP contribution in [0.3, 0.4) is 0 Å². The first-order valence-electron chi connectivity index (χ1n) is 6.49. The number of halogens is 2. The summed E-state index contributed by atoms with van der Waals surface area (Å²) in [6.45, 7) is 2.71. The molecule has 0 bridgehead atoms. The van der Waals surface area contributed by atoms with Crippen LogP contribution in [-0.4, -0.2) is 35.8 Å². The molecule has 0 unspecified atom stereocenters. The summed E-state index contributed by atoms with van der Waals surface area (Å²) >= 11 is 11.9. The lowest BCUT2D eigenvalue weighted by atomic mass is 10.0. The standard InChI is InChI=1S/C14H16Cl2N2O2/c1-9(19)17-11-4-6-18(7-5-11)14(20)12-8-10(15)2-3-13(12)16/h2-3,8,11H,4-7H2,1H3,(H,17,19). The molecular formula is C14H16Cl2N2O2. The summed E-state index contributed by atoms with van der Waals surface area (Å²) in [6.07, 6.45) is 1.51. The van der Waals surface area contributed by atoms with Crippen LogP contribution >= 0.6 is 23.2 Å². The van der Waals surface area contributed by atoms with Crippen molar-refractivity contribution in [2.24, 2.45) is 0 Å². The SMILES string of the molecule is CC(=O)NC1CCN(C(=O)c2cc(Cl)ccc2Cl)CC1. The lowest BCUT2D eigenvalue weighted by Crippen LogP contribution is -2.46. The quantitative estimate of drug-likeness (QED) is 0.912. The number of rotatable bonds is 2. The van der Waals surface area contributed by atoms with Gasteiger partial charge < -0.3 is 10.2 Å². The molecule has 0 aromatic heterocycles. The maximum absolute atomic E-state index is 12.4. The van der Waals surface area contributed by atoms with E-state index in [2.05, 4.69) is 5.32 Å². The first-order valence-corrected chi connectivity index (χ1v) is 7.24. The predicted octanol–water partition coefficient (Wildman–Crippen LogP) is 2.73. The minimum atomic E-state index is -0.112. The molecule has 1 aromatic rings. The molecular weight excluding hydrogens is 299 g/mol. The topological polar surface area (TPSA) is 49.4 Å². The largest absolute Gasteiger partial charge is 0.353 e. The van der Waals surface area contributed by atoms with Gasteiger partial charge in [-0.25, -0.2) is 0 Å². The molecule has 1 heterocycles. The summed E-state index contributed by atoms with van der Waals surface area (Å²) in [5.41, 5.74) is 0.428. The van der Waals surface area contributed by atoms with Crippen LogP contribution in [0.4, 0.5) is 0 Å². The van der Waals surface area contributed by atoms with Gasteiger partial charge >= 0.3 is 0 Å². The lowest BCUT2D eigenvalue weighted by molar-refractivity contribution is -0.119. The average molecular weight is 315 g/mol. The van der Waals surface area contributed by atoms with Gasteiger partial charge in [0.25, 0.3) is 5.91 Å². The van der Waals surface area contributed by atoms with Crippen molar-refractivity contribution in [3.05, 3.63) is 33.8 Å². The zero-order valence-electron chi connectivity index (χ0n) is 11.2. The molecule has 1 saturated heterocycles. The Morgan fingerprint density at radius 2 is 1.90 bits per heavy atom. The van der Waals surface area contributed by atoms with Crippen LogP contribution in [0.25, 0.3) is 0 Å². The maximum Gasteiger partial charge on any atom is 0.255 e. The second-order valence-corrected chi connectivity index (χ2v) is 5.73. The van der Waals surface area contributed by atoms with Gasteiger partial charge in [0.1, 0.15) is 0 Å². The summed E-state index contributed by atoms with van der Waals surface area (Å²) in [5.74, 6) is -0.147. The van der Waals surface area contributed by atoms with Crippen molar-refractivity contribution in [1.29, 1.82) is 0 Å². The van der Waals surface area contributed by atoms with Gasteiger partial charge in [-0.1, -0.05) is 23.2 Å². The zero-order valence-corrected chi connectivity index (χ0v) is 12.7. The molecule has 6 heteroatoms. The summed E-state index contributed by atoms with van der Waals surface area (Å²) < 4.78 is 0. The van der Waals surface area contributed by atoms with Crippen LogP contribution in [0.15, 0.2) is 18.2 Å². The normalized spacial score (nSPS) is 16.1. The smallest absolute Gasteiger partial charge is 0.255 e. The van der Waals surface area contributed by atoms with Crippen molar-refractivity contribution in [3.8, 4) is 0 Å². The van der Waals surface area contributed by atoms with Gasteiger partial charge in [-0.05, 0) is 31.0 Å². The molecule has 1 aromatic carbocycles. The molecule has 2 rings (SSSR count). The fourth-order valence-electron chi connectivity index (χ4n) is 2.35. The van der Waals surface area contributed by atoms with Gasteiger partial charge in [-0.3, -0.25) is 9.59 Å². The van der Waals surface area contributed by atoms with E-state index in [0.29, 0.717) is 28.7 Å². The number of nitrogens with one attached hydrogen (secondary N) is 1. The lowest BCUT2D eigenvalue weighted by Gasteiger charge is -2.32. The van der Waals surface area contributed by atoms with Crippen molar-refractivity contribution in [3.63, 3.8) is 0 Å². The summed E-state index contributed by atoms with van der Waals surface area (Å²) in [7, 11) is 0. The Kier molecular flexibility index (Phi) is 4.89. The second kappa shape index (κ2) is 6.46. The monoisotopic (exact) mass is 314 g/mol. The molecule has 1 aliphatic rings. The van der Waals surface area contributed by atoms with Crippen LogP contribution in [0, 0.1) is 0 Å². The van der Waals surface area contributed by atoms with Gasteiger partial charge in [0, 0.05) is 31.1 Å². The molecule has 4 nitrogen and oxygen atoms in total. The molecule has 0 aliphatic carbocycles. The van der Waals surface area contributed by atoms with Crippen LogP contribution in [0.2, 0.25) is 10.0 Å². The van der Waals surface area contributed by atoms with E-state index in [9.17, 15) is 9.59 Å². The number of carbonyl (C=O) groups is 2. The van der Waals surface area contributed by atoms with Crippen molar-refractivity contribution < 1.29 is 9.59 Å². The molecule has 1 aliphatic heterocycles. The van der Waals surface area contributed by atoms with Gasteiger partial charge in [0.05, 0.1) is 10.6 Å². The Hall–Kier alpha value is -1.26. The molecule has 2 amide bonds. The van der Waals surface area contributed by atoms with Crippen molar-refractivity contribution in [2.45, 2.75) is 25.8 Å². The highest BCUT2D eigenvalue weighted by atomic mass is 35.5. The van der Waals surface area contributed by atoms with E-state index in [-0.39, 0.29) is 17.9 Å². The molecule has 0 spiro atoms. The highest BCUT2D eigenvalue weighted by Gasteiger charge is 2.25. The van der Waals surface area contributed by atoms with Crippen molar-refractivity contribution in [2.75, 3.05) is 13.1 Å². The maximum atomic E-state index is 12.4. The van der Waals surface area contributed by atoms with Gasteiger partial charge in [0.2, 0.25) is 5.91 Å². The number of benzene rings is 1. The Bertz CT molecular complexity index is 526. The number of likely N-dealkylation sites (tertiary alicyclic amines) is 1. The fraction of sp³-hybridized carbons (Fsp3) is 0.429. The molecule has 0 atom stereocenters. The minimum Gasteiger partial charge on any atom is -0.353 e. The summed E-state index contributed by atoms with van der Waals surface area (Å²) in [4.78, 5) is 25.2. The Labute approximate surface area is 128 Å². The van der Waals surface area contributed by atoms with E-state index in [4.69, 9.17) is 23.2 Å². The van der Waals surface area contributed by atoms with E-state index in [1.165, 1.54) is 6.92 Å². The third-order valence-corrected chi connectivity index (χ3v) is 3.91. The highest BCUT2D eigenvalue weighted by Crippen LogP contribution is 2.23. The molecule has 0 saturated carbocycles. The van der Waals surface area contributed by atoms with Crippen LogP contribution < -0.4 is 5.32 Å². The minimum absolute atomic E-state index is 0.0346. The number of amides is 2. The Morgan fingerprint density at radius 3 is 2.50 bits per heavy atom. The third kappa shape index (κ3) is 3.64. The van der Waals surface area contributed by atoms with Crippen molar-refractivity contribution >= 4 is 35.0 Å². The Morgan fingerprint density at radius 1 is 1.25 bits per heavy atom. The number of hydrogen-bond acceptors (Lipinski definition) is 2. The number of carbonyl (C=O) groups excluding carboxylic acids is 2. The van der Waals surface area contributed by atoms with Crippen molar-refractivity contribution in [1.82, 2.24) is 10.2 Å². The van der Waals surface area contributed by atoms with Gasteiger partial charge in [-0.2, -0.15) is 0 Å². The average Bonchev–Trinajstić information content (AvgIpc) is 2.41. The fourth-order valence-corrected chi connectivity index (χ4v) is 2.72. The zero-order chi connectivity index (χ0) is 14.7. The van der Waals surface area contributed by atoms with Gasteiger partial charge in [0.15, 0.2) is 0 Å². The van der Waals surface area contributed by atoms with Gasteiger partial charge in [-0.15, -0.1) is 0 Å². The van der Waals surface area contributed by atoms with Crippen LogP contribution in [-0.2, 0) is 4.79 Å². The summed E-state index contributed by atoms with van der Waals surface area (Å²) in [6, 6.07) is 5.02. The van der Waals surface area contributed by atoms with E-state index in [1.807, 2.05) is 0 Å². The third-order valence-electron chi connectivity index (χ3n) is 3.35. The Balaban J connectivity index is 2.01. The first-order chi connectivity index (χ1) is 9.47. The second-order valence-electron chi connectivity index (χ2n) is 4.89. The predicted molar refractivity (Wildman–Crippen MR) is 79.2 cm³/mol. The van der Waals surface area contributed by atoms with E-state index in [1.54, 1.807) is 23.1 Å². The molecule has 1 fully saturated rings. The van der Waals surface area contributed by atoms with E-state index in [0.717, 1.165) is 12.8 Å². The van der Waals surface area contributed by atoms with E-state index >= 15 is 0 Å². The van der Waals surface area contributed by atoms with Crippen LogP contribution in [0.1, 0.15) is 30.1 Å².